The summed E-state index contributed by atoms with van der Waals surface area (Å²) in [7, 11) is 0. The Bertz CT molecular complexity index is 1010. The molecule has 1 aromatic carbocycles. The topological polar surface area (TPSA) is 105 Å². The molecule has 2 N–H and O–H groups in total. The molecule has 2 amide bonds. The predicted octanol–water partition coefficient (Wildman–Crippen LogP) is 1.49. The lowest BCUT2D eigenvalue weighted by Gasteiger charge is -2.38. The molecule has 1 aromatic heterocycles. The summed E-state index contributed by atoms with van der Waals surface area (Å²) in [5, 5.41) is 14.6. The van der Waals surface area contributed by atoms with Gasteiger partial charge in [-0.15, -0.1) is 0 Å². The minimum absolute atomic E-state index is 0.00804. The van der Waals surface area contributed by atoms with Crippen LogP contribution in [0.15, 0.2) is 42.0 Å². The van der Waals surface area contributed by atoms with E-state index in [1.165, 1.54) is 17.0 Å². The van der Waals surface area contributed by atoms with Gasteiger partial charge in [0, 0.05) is 31.1 Å². The van der Waals surface area contributed by atoms with E-state index in [1.54, 1.807) is 23.1 Å². The normalized spacial score (nSPS) is 15.7. The van der Waals surface area contributed by atoms with Crippen molar-refractivity contribution in [2.45, 2.75) is 37.8 Å². The minimum atomic E-state index is -1.08. The van der Waals surface area contributed by atoms with Crippen molar-refractivity contribution in [1.29, 1.82) is 0 Å². The summed E-state index contributed by atoms with van der Waals surface area (Å²) in [4.78, 5) is 42.1. The number of hydrogen-bond acceptors (Lipinski definition) is 5. The van der Waals surface area contributed by atoms with E-state index in [4.69, 9.17) is 11.6 Å². The highest BCUT2D eigenvalue weighted by Gasteiger charge is 2.34. The van der Waals surface area contributed by atoms with Gasteiger partial charge in [0.05, 0.1) is 29.4 Å². The fraction of sp³-hybridized carbons (Fsp3) is 0.429. The van der Waals surface area contributed by atoms with Gasteiger partial charge in [-0.25, -0.2) is 4.98 Å². The Hall–Kier alpha value is -2.71. The number of fused-ring (bicyclic) bond motifs is 1. The number of aromatic nitrogens is 2. The van der Waals surface area contributed by atoms with E-state index in [0.29, 0.717) is 61.2 Å². The summed E-state index contributed by atoms with van der Waals surface area (Å²) in [6, 6.07) is 4.90. The van der Waals surface area contributed by atoms with E-state index in [-0.39, 0.29) is 23.9 Å². The molecular weight excluding hydrogens is 408 g/mol. The highest BCUT2D eigenvalue weighted by Crippen LogP contribution is 2.24. The molecule has 1 saturated heterocycles. The van der Waals surface area contributed by atoms with Crippen LogP contribution in [0.2, 0.25) is 5.02 Å². The molecular formula is C21H25ClN4O4. The van der Waals surface area contributed by atoms with E-state index in [9.17, 15) is 19.5 Å². The molecule has 1 aliphatic rings. The summed E-state index contributed by atoms with van der Waals surface area (Å²) in [5.74, 6) is -0.265. The number of nitrogens with one attached hydrogen (secondary N) is 1. The number of piperidine rings is 1. The number of benzene rings is 1. The number of amides is 2. The molecule has 8 nitrogen and oxygen atoms in total. The fourth-order valence-electron chi connectivity index (χ4n) is 3.57. The van der Waals surface area contributed by atoms with Crippen LogP contribution >= 0.6 is 11.6 Å². The zero-order chi connectivity index (χ0) is 21.7. The molecule has 0 unspecified atom stereocenters. The van der Waals surface area contributed by atoms with Gasteiger partial charge in [0.25, 0.3) is 5.56 Å². The second-order valence-electron chi connectivity index (χ2n) is 7.54. The Labute approximate surface area is 179 Å². The van der Waals surface area contributed by atoms with Crippen LogP contribution in [-0.2, 0) is 16.1 Å². The summed E-state index contributed by atoms with van der Waals surface area (Å²) in [6.07, 6.45) is 4.23. The summed E-state index contributed by atoms with van der Waals surface area (Å²) >= 11 is 5.94. The zero-order valence-electron chi connectivity index (χ0n) is 16.6. The molecule has 1 fully saturated rings. The molecule has 0 radical (unpaired) electrons. The first-order valence-electron chi connectivity index (χ1n) is 9.86. The van der Waals surface area contributed by atoms with Crippen molar-refractivity contribution in [2.75, 3.05) is 19.6 Å². The number of likely N-dealkylation sites (tertiary alicyclic amines) is 1. The van der Waals surface area contributed by atoms with Crippen LogP contribution < -0.4 is 10.9 Å². The van der Waals surface area contributed by atoms with Gasteiger partial charge in [-0.05, 0) is 43.5 Å². The van der Waals surface area contributed by atoms with Crippen LogP contribution in [0.25, 0.3) is 10.9 Å². The van der Waals surface area contributed by atoms with Crippen LogP contribution in [0, 0.1) is 0 Å². The second kappa shape index (κ2) is 9.40. The third-order valence-corrected chi connectivity index (χ3v) is 5.59. The number of nitrogens with zero attached hydrogens (tertiary/aromatic N) is 3. The minimum Gasteiger partial charge on any atom is -0.388 e. The smallest absolute Gasteiger partial charge is 0.261 e. The van der Waals surface area contributed by atoms with Crippen molar-refractivity contribution in [2.24, 2.45) is 0 Å². The zero-order valence-corrected chi connectivity index (χ0v) is 17.4. The van der Waals surface area contributed by atoms with Gasteiger partial charge in [-0.3, -0.25) is 19.0 Å². The molecule has 0 saturated carbocycles. The Morgan fingerprint density at radius 2 is 2.07 bits per heavy atom. The quantitative estimate of drug-likeness (QED) is 0.509. The van der Waals surface area contributed by atoms with Crippen molar-refractivity contribution < 1.29 is 14.7 Å². The summed E-state index contributed by atoms with van der Waals surface area (Å²) in [6.45, 7) is 4.74. The maximum atomic E-state index is 12.7. The van der Waals surface area contributed by atoms with Crippen molar-refractivity contribution >= 4 is 34.3 Å². The molecule has 0 bridgehead atoms. The van der Waals surface area contributed by atoms with Gasteiger partial charge in [0.1, 0.15) is 0 Å². The molecule has 0 atom stereocenters. The third kappa shape index (κ3) is 5.25. The van der Waals surface area contributed by atoms with Crippen molar-refractivity contribution in [1.82, 2.24) is 19.8 Å². The van der Waals surface area contributed by atoms with Crippen LogP contribution in [-0.4, -0.2) is 56.6 Å². The molecule has 0 spiro atoms. The number of rotatable bonds is 7. The van der Waals surface area contributed by atoms with Gasteiger partial charge >= 0.3 is 0 Å². The third-order valence-electron chi connectivity index (χ3n) is 5.35. The summed E-state index contributed by atoms with van der Waals surface area (Å²) < 4.78 is 1.41. The Morgan fingerprint density at radius 1 is 1.33 bits per heavy atom. The highest BCUT2D eigenvalue weighted by molar-refractivity contribution is 6.31. The van der Waals surface area contributed by atoms with Crippen LogP contribution in [0.5, 0.6) is 0 Å². The van der Waals surface area contributed by atoms with E-state index < -0.39 is 5.60 Å². The lowest BCUT2D eigenvalue weighted by atomic mass is 9.91. The Balaban J connectivity index is 1.55. The average molecular weight is 433 g/mol. The molecule has 3 rings (SSSR count). The monoisotopic (exact) mass is 432 g/mol. The van der Waals surface area contributed by atoms with Crippen molar-refractivity contribution in [3.05, 3.63) is 52.6 Å². The van der Waals surface area contributed by atoms with Gasteiger partial charge in [0.2, 0.25) is 11.8 Å². The van der Waals surface area contributed by atoms with Gasteiger partial charge < -0.3 is 15.3 Å². The van der Waals surface area contributed by atoms with Gasteiger partial charge in [0.15, 0.2) is 0 Å². The Morgan fingerprint density at radius 3 is 2.77 bits per heavy atom. The fourth-order valence-corrected chi connectivity index (χ4v) is 3.74. The standard InChI is InChI=1S/C21H25ClN4O4/c1-2-18(27)23-9-3-4-19(28)25-10-7-21(30,8-11-25)13-26-14-24-17-12-15(22)5-6-16(17)20(26)29/h2,5-6,12,14,30H,1,3-4,7-11,13H2,(H,23,27). The lowest BCUT2D eigenvalue weighted by molar-refractivity contribution is -0.136. The molecule has 2 aromatic rings. The second-order valence-corrected chi connectivity index (χ2v) is 7.98. The van der Waals surface area contributed by atoms with Crippen molar-refractivity contribution in [3.63, 3.8) is 0 Å². The van der Waals surface area contributed by atoms with Gasteiger partial charge in [-0.2, -0.15) is 0 Å². The first kappa shape index (κ1) is 22.0. The molecule has 2 heterocycles. The average Bonchev–Trinajstić information content (AvgIpc) is 2.73. The molecule has 30 heavy (non-hydrogen) atoms. The predicted molar refractivity (Wildman–Crippen MR) is 114 cm³/mol. The van der Waals surface area contributed by atoms with E-state index in [0.717, 1.165) is 0 Å². The SMILES string of the molecule is C=CC(=O)NCCCC(=O)N1CCC(O)(Cn2cnc3cc(Cl)ccc3c2=O)CC1. The largest absolute Gasteiger partial charge is 0.388 e. The lowest BCUT2D eigenvalue weighted by Crippen LogP contribution is -2.49. The number of halogens is 1. The first-order valence-corrected chi connectivity index (χ1v) is 10.2. The van der Waals surface area contributed by atoms with Crippen LogP contribution in [0.1, 0.15) is 25.7 Å². The van der Waals surface area contributed by atoms with E-state index >= 15 is 0 Å². The Kier molecular flexibility index (Phi) is 6.89. The number of carbonyl (C=O) groups excluding carboxylic acids is 2. The molecule has 9 heteroatoms. The highest BCUT2D eigenvalue weighted by atomic mass is 35.5. The maximum Gasteiger partial charge on any atom is 0.261 e. The maximum absolute atomic E-state index is 12.7. The number of hydrogen-bond donors (Lipinski definition) is 2. The molecule has 160 valence electrons. The number of aliphatic hydroxyl groups is 1. The van der Waals surface area contributed by atoms with E-state index in [2.05, 4.69) is 16.9 Å². The van der Waals surface area contributed by atoms with Crippen LogP contribution in [0.3, 0.4) is 0 Å². The molecule has 1 aliphatic heterocycles. The van der Waals surface area contributed by atoms with Crippen LogP contribution in [0.4, 0.5) is 0 Å². The summed E-state index contributed by atoms with van der Waals surface area (Å²) in [5.41, 5.74) is -0.800. The van der Waals surface area contributed by atoms with Gasteiger partial charge in [-0.1, -0.05) is 18.2 Å². The first-order chi connectivity index (χ1) is 14.3. The van der Waals surface area contributed by atoms with E-state index in [1.807, 2.05) is 0 Å². The number of carbonyl (C=O) groups is 2. The van der Waals surface area contributed by atoms with Crippen molar-refractivity contribution in [3.8, 4) is 0 Å². The molecule has 0 aliphatic carbocycles.